The van der Waals surface area contributed by atoms with Crippen molar-refractivity contribution in [3.8, 4) is 29.1 Å². The van der Waals surface area contributed by atoms with E-state index in [2.05, 4.69) is 35.0 Å². The molecule has 2 aromatic heterocycles. The van der Waals surface area contributed by atoms with Crippen LogP contribution in [-0.2, 0) is 0 Å². The molecule has 0 radical (unpaired) electrons. The van der Waals surface area contributed by atoms with Crippen LogP contribution in [0.5, 0.6) is 23.0 Å². The van der Waals surface area contributed by atoms with Gasteiger partial charge in [0, 0.05) is 40.3 Å². The van der Waals surface area contributed by atoms with E-state index in [0.717, 1.165) is 18.5 Å². The van der Waals surface area contributed by atoms with Crippen LogP contribution in [0.1, 0.15) is 24.1 Å². The van der Waals surface area contributed by atoms with Crippen molar-refractivity contribution in [2.45, 2.75) is 25.8 Å². The Balaban J connectivity index is 1.48. The molecule has 7 nitrogen and oxygen atoms in total. The lowest BCUT2D eigenvalue weighted by molar-refractivity contribution is 0.0822. The largest absolute Gasteiger partial charge is 0.493 e. The predicted octanol–water partition coefficient (Wildman–Crippen LogP) is 5.56. The molecule has 2 aromatic carbocycles. The van der Waals surface area contributed by atoms with E-state index in [1.165, 1.54) is 6.20 Å². The average molecular weight is 475 g/mol. The van der Waals surface area contributed by atoms with Gasteiger partial charge in [0.25, 0.3) is 0 Å². The molecule has 0 spiro atoms. The molecule has 1 N–H and O–H groups in total. The number of nitrogens with one attached hydrogen (secondary N) is 1. The topological polar surface area (TPSA) is 83.4 Å². The highest BCUT2D eigenvalue weighted by Crippen LogP contribution is 2.41. The smallest absolute Gasteiger partial charge is 0.175 e. The molecule has 2 heterocycles. The summed E-state index contributed by atoms with van der Waals surface area (Å²) in [5, 5.41) is 10.7. The molecule has 1 saturated carbocycles. The summed E-state index contributed by atoms with van der Waals surface area (Å²) in [5.41, 5.74) is 2.29. The van der Waals surface area contributed by atoms with Crippen LogP contribution in [0.3, 0.4) is 0 Å². The van der Waals surface area contributed by atoms with Crippen LogP contribution in [0.2, 0.25) is 0 Å². The zero-order chi connectivity index (χ0) is 24.7. The summed E-state index contributed by atoms with van der Waals surface area (Å²) in [6.45, 7) is 2.45. The van der Waals surface area contributed by atoms with Crippen molar-refractivity contribution in [2.24, 2.45) is 5.92 Å². The summed E-state index contributed by atoms with van der Waals surface area (Å²) < 4.78 is 32.9. The van der Waals surface area contributed by atoms with Gasteiger partial charge in [-0.15, -0.1) is 0 Å². The molecule has 1 aliphatic rings. The summed E-state index contributed by atoms with van der Waals surface area (Å²) in [7, 11) is 5.75. The number of nitrogens with zero attached hydrogens (tertiary/aromatic N) is 3. The molecule has 180 valence electrons. The van der Waals surface area contributed by atoms with Crippen molar-refractivity contribution in [2.75, 3.05) is 27.8 Å². The summed E-state index contributed by atoms with van der Waals surface area (Å²) in [6.07, 6.45) is 3.63. The number of aromatic amines is 1. The van der Waals surface area contributed by atoms with E-state index in [0.29, 0.717) is 51.9 Å². The average Bonchev–Trinajstić information content (AvgIpc) is 3.20. The molecular formula is C27H27FN4O3. The van der Waals surface area contributed by atoms with Gasteiger partial charge in [0.2, 0.25) is 0 Å². The van der Waals surface area contributed by atoms with Crippen molar-refractivity contribution in [1.82, 2.24) is 14.9 Å². The standard InChI is InChI=1S/C27H27FN4O3/c1-15-7-19-21(31-15)5-6-23(26(19)28)35-27-17(12-29)13-30-22-11-25(24(33-4)10-20(22)27)34-14-16-8-18(9-16)32(2)3/h5-7,10-11,13,16,18,31H,8-9,14H2,1-4H3. The fraction of sp³-hybridized carbons (Fsp3) is 0.333. The number of H-pyrrole nitrogens is 1. The number of aromatic nitrogens is 2. The molecule has 5 rings (SSSR count). The van der Waals surface area contributed by atoms with E-state index in [1.54, 1.807) is 37.4 Å². The van der Waals surface area contributed by atoms with Gasteiger partial charge in [-0.3, -0.25) is 4.98 Å². The number of benzene rings is 2. The van der Waals surface area contributed by atoms with Crippen LogP contribution in [0.4, 0.5) is 4.39 Å². The van der Waals surface area contributed by atoms with Gasteiger partial charge >= 0.3 is 0 Å². The molecular weight excluding hydrogens is 447 g/mol. The summed E-state index contributed by atoms with van der Waals surface area (Å²) in [6, 6.07) is 11.2. The quantitative estimate of drug-likeness (QED) is 0.378. The lowest BCUT2D eigenvalue weighted by atomic mass is 9.80. The van der Waals surface area contributed by atoms with Gasteiger partial charge in [-0.2, -0.15) is 5.26 Å². The van der Waals surface area contributed by atoms with Gasteiger partial charge in [-0.05, 0) is 64.0 Å². The molecule has 0 bridgehead atoms. The molecule has 0 saturated heterocycles. The van der Waals surface area contributed by atoms with Crippen LogP contribution in [0.25, 0.3) is 21.8 Å². The maximum Gasteiger partial charge on any atom is 0.175 e. The molecule has 0 amide bonds. The van der Waals surface area contributed by atoms with Gasteiger partial charge in [-0.25, -0.2) is 4.39 Å². The SMILES string of the molecule is COc1cc2c(Oc3ccc4[nH]c(C)cc4c3F)c(C#N)cnc2cc1OCC1CC(N(C)C)C1. The maximum atomic E-state index is 15.2. The number of aryl methyl sites for hydroxylation is 1. The first-order valence-corrected chi connectivity index (χ1v) is 11.5. The second-order valence-corrected chi connectivity index (χ2v) is 9.29. The first-order valence-electron chi connectivity index (χ1n) is 11.5. The lowest BCUT2D eigenvalue weighted by Crippen LogP contribution is -2.42. The molecule has 8 heteroatoms. The molecule has 35 heavy (non-hydrogen) atoms. The van der Waals surface area contributed by atoms with Gasteiger partial charge in [0.15, 0.2) is 28.8 Å². The van der Waals surface area contributed by atoms with Crippen molar-refractivity contribution in [1.29, 1.82) is 5.26 Å². The van der Waals surface area contributed by atoms with Gasteiger partial charge < -0.3 is 24.1 Å². The van der Waals surface area contributed by atoms with Crippen LogP contribution in [-0.4, -0.2) is 48.7 Å². The number of pyridine rings is 1. The fourth-order valence-electron chi connectivity index (χ4n) is 4.58. The number of methoxy groups -OCH3 is 1. The van der Waals surface area contributed by atoms with Crippen LogP contribution < -0.4 is 14.2 Å². The second kappa shape index (κ2) is 9.08. The normalized spacial score (nSPS) is 17.4. The monoisotopic (exact) mass is 474 g/mol. The number of halogens is 1. The van der Waals surface area contributed by atoms with E-state index in [-0.39, 0.29) is 17.1 Å². The molecule has 1 fully saturated rings. The van der Waals surface area contributed by atoms with Crippen molar-refractivity contribution >= 4 is 21.8 Å². The van der Waals surface area contributed by atoms with Crippen molar-refractivity contribution in [3.63, 3.8) is 0 Å². The summed E-state index contributed by atoms with van der Waals surface area (Å²) in [5.74, 6) is 1.32. The Morgan fingerprint density at radius 2 is 1.94 bits per heavy atom. The van der Waals surface area contributed by atoms with Crippen LogP contribution in [0, 0.1) is 30.0 Å². The highest BCUT2D eigenvalue weighted by molar-refractivity contribution is 5.90. The highest BCUT2D eigenvalue weighted by Gasteiger charge is 2.31. The molecule has 0 atom stereocenters. The Kier molecular flexibility index (Phi) is 5.95. The fourth-order valence-corrected chi connectivity index (χ4v) is 4.58. The Hall–Kier alpha value is -3.83. The Bertz CT molecular complexity index is 1450. The summed E-state index contributed by atoms with van der Waals surface area (Å²) in [4.78, 5) is 9.77. The van der Waals surface area contributed by atoms with E-state index >= 15 is 4.39 Å². The van der Waals surface area contributed by atoms with E-state index in [4.69, 9.17) is 14.2 Å². The van der Waals surface area contributed by atoms with Crippen LogP contribution in [0.15, 0.2) is 36.5 Å². The summed E-state index contributed by atoms with van der Waals surface area (Å²) >= 11 is 0. The van der Waals surface area contributed by atoms with Gasteiger partial charge in [-0.1, -0.05) is 0 Å². The minimum absolute atomic E-state index is 0.0280. The van der Waals surface area contributed by atoms with E-state index in [1.807, 2.05) is 6.92 Å². The third kappa shape index (κ3) is 4.24. The van der Waals surface area contributed by atoms with Gasteiger partial charge in [0.1, 0.15) is 11.6 Å². The number of rotatable bonds is 7. The minimum atomic E-state index is -0.496. The lowest BCUT2D eigenvalue weighted by Gasteiger charge is -2.39. The number of fused-ring (bicyclic) bond motifs is 2. The number of nitriles is 1. The minimum Gasteiger partial charge on any atom is -0.493 e. The highest BCUT2D eigenvalue weighted by atomic mass is 19.1. The van der Waals surface area contributed by atoms with Crippen molar-refractivity contribution in [3.05, 3.63) is 53.6 Å². The van der Waals surface area contributed by atoms with Crippen molar-refractivity contribution < 1.29 is 18.6 Å². The second-order valence-electron chi connectivity index (χ2n) is 9.29. The Morgan fingerprint density at radius 1 is 1.14 bits per heavy atom. The number of hydrogen-bond donors (Lipinski definition) is 1. The third-order valence-electron chi connectivity index (χ3n) is 6.69. The molecule has 0 unspecified atom stereocenters. The zero-order valence-corrected chi connectivity index (χ0v) is 20.2. The first kappa shape index (κ1) is 22.9. The third-order valence-corrected chi connectivity index (χ3v) is 6.69. The van der Waals surface area contributed by atoms with E-state index in [9.17, 15) is 5.26 Å². The molecule has 1 aliphatic carbocycles. The molecule has 4 aromatic rings. The maximum absolute atomic E-state index is 15.2. The number of ether oxygens (including phenoxy) is 3. The Morgan fingerprint density at radius 3 is 2.66 bits per heavy atom. The number of hydrogen-bond acceptors (Lipinski definition) is 6. The van der Waals surface area contributed by atoms with Gasteiger partial charge in [0.05, 0.1) is 19.2 Å². The van der Waals surface area contributed by atoms with Crippen LogP contribution >= 0.6 is 0 Å². The zero-order valence-electron chi connectivity index (χ0n) is 20.2. The first-order chi connectivity index (χ1) is 16.9. The Labute approximate surface area is 203 Å². The predicted molar refractivity (Wildman–Crippen MR) is 132 cm³/mol. The van der Waals surface area contributed by atoms with E-state index < -0.39 is 5.82 Å². The molecule has 0 aliphatic heterocycles.